The molecule has 0 N–H and O–H groups in total. The minimum Gasteiger partial charge on any atom is -0.550 e. The van der Waals surface area contributed by atoms with Crippen LogP contribution in [-0.4, -0.2) is 19.0 Å². The second kappa shape index (κ2) is 5.07. The number of ether oxygens (including phenoxy) is 1. The van der Waals surface area contributed by atoms with Gasteiger partial charge in [-0.3, -0.25) is 4.79 Å². The van der Waals surface area contributed by atoms with Gasteiger partial charge in [0.1, 0.15) is 0 Å². The van der Waals surface area contributed by atoms with Gasteiger partial charge in [-0.15, -0.1) is 0 Å². The van der Waals surface area contributed by atoms with Crippen LogP contribution in [0.1, 0.15) is 33.6 Å². The summed E-state index contributed by atoms with van der Waals surface area (Å²) in [6.07, 6.45) is 1.01. The smallest absolute Gasteiger partial charge is 0.550 e. The van der Waals surface area contributed by atoms with Crippen LogP contribution in [0.3, 0.4) is 0 Å². The third-order valence-electron chi connectivity index (χ3n) is 4.15. The Hall–Kier alpha value is -0.0600. The first-order valence-electron chi connectivity index (χ1n) is 5.06. The number of esters is 1. The number of rotatable bonds is 2. The number of carbonyl (C=O) groups is 2. The molecule has 2 atom stereocenters. The molecule has 0 aromatic heterocycles. The SMILES string of the molecule is COC(=O)[C@]1(C)CC[C@H](C(=O)[O-])C1(C)C.[Na+]. The van der Waals surface area contributed by atoms with Crippen LogP contribution in [-0.2, 0) is 14.3 Å². The van der Waals surface area contributed by atoms with Gasteiger partial charge in [0, 0.05) is 11.9 Å². The van der Waals surface area contributed by atoms with E-state index in [-0.39, 0.29) is 35.5 Å². The van der Waals surface area contributed by atoms with Gasteiger partial charge in [0.05, 0.1) is 12.5 Å². The Labute approximate surface area is 118 Å². The molecule has 0 aromatic rings. The van der Waals surface area contributed by atoms with E-state index in [9.17, 15) is 14.7 Å². The van der Waals surface area contributed by atoms with E-state index in [0.29, 0.717) is 12.8 Å². The summed E-state index contributed by atoms with van der Waals surface area (Å²) >= 11 is 0. The van der Waals surface area contributed by atoms with Gasteiger partial charge in [0.15, 0.2) is 0 Å². The Bertz CT molecular complexity index is 300. The van der Waals surface area contributed by atoms with Gasteiger partial charge in [-0.2, -0.15) is 0 Å². The van der Waals surface area contributed by atoms with Gasteiger partial charge in [0.25, 0.3) is 0 Å². The van der Waals surface area contributed by atoms with Crippen molar-refractivity contribution >= 4 is 11.9 Å². The molecule has 0 spiro atoms. The number of carboxylic acids is 1. The molecule has 0 amide bonds. The van der Waals surface area contributed by atoms with Crippen LogP contribution in [0.2, 0.25) is 0 Å². The van der Waals surface area contributed by atoms with Crippen molar-refractivity contribution in [3.63, 3.8) is 0 Å². The van der Waals surface area contributed by atoms with Crippen molar-refractivity contribution in [1.29, 1.82) is 0 Å². The van der Waals surface area contributed by atoms with E-state index in [1.54, 1.807) is 20.8 Å². The third-order valence-corrected chi connectivity index (χ3v) is 4.15. The Balaban J connectivity index is 0.00000225. The zero-order chi connectivity index (χ0) is 11.9. The van der Waals surface area contributed by atoms with Crippen molar-refractivity contribution in [2.75, 3.05) is 7.11 Å². The topological polar surface area (TPSA) is 66.4 Å². The van der Waals surface area contributed by atoms with Crippen molar-refractivity contribution in [3.05, 3.63) is 0 Å². The number of hydrogen-bond donors (Lipinski definition) is 0. The van der Waals surface area contributed by atoms with E-state index >= 15 is 0 Å². The van der Waals surface area contributed by atoms with Crippen LogP contribution < -0.4 is 34.7 Å². The molecule has 1 aliphatic carbocycles. The molecule has 1 fully saturated rings. The summed E-state index contributed by atoms with van der Waals surface area (Å²) in [6, 6.07) is 0. The minimum absolute atomic E-state index is 0. The first kappa shape index (κ1) is 15.9. The first-order valence-corrected chi connectivity index (χ1v) is 5.06. The number of methoxy groups -OCH3 is 1. The van der Waals surface area contributed by atoms with Crippen LogP contribution in [0, 0.1) is 16.7 Å². The molecule has 0 aromatic carbocycles. The minimum atomic E-state index is -1.08. The number of hydrogen-bond acceptors (Lipinski definition) is 4. The van der Waals surface area contributed by atoms with E-state index in [2.05, 4.69) is 0 Å². The maximum atomic E-state index is 11.7. The standard InChI is InChI=1S/C11H18O4.Na/c1-10(2)7(8(12)13)5-6-11(10,3)9(14)15-4;/h7H,5-6H2,1-4H3,(H,12,13);/q;+1/p-1/t7-,11+;/m1./s1. The summed E-state index contributed by atoms with van der Waals surface area (Å²) in [7, 11) is 1.33. The van der Waals surface area contributed by atoms with E-state index in [1.807, 2.05) is 0 Å². The maximum Gasteiger partial charge on any atom is 1.00 e. The average Bonchev–Trinajstić information content (AvgIpc) is 2.38. The normalized spacial score (nSPS) is 31.6. The van der Waals surface area contributed by atoms with Crippen LogP contribution in [0.5, 0.6) is 0 Å². The quantitative estimate of drug-likeness (QED) is 0.388. The molecule has 0 unspecified atom stereocenters. The molecule has 86 valence electrons. The second-order valence-corrected chi connectivity index (χ2v) is 4.96. The fourth-order valence-electron chi connectivity index (χ4n) is 2.50. The van der Waals surface area contributed by atoms with Crippen LogP contribution >= 0.6 is 0 Å². The molecule has 16 heavy (non-hydrogen) atoms. The first-order chi connectivity index (χ1) is 6.77. The summed E-state index contributed by atoms with van der Waals surface area (Å²) < 4.78 is 4.75. The fraction of sp³-hybridized carbons (Fsp3) is 0.818. The summed E-state index contributed by atoms with van der Waals surface area (Å²) in [5, 5.41) is 11.0. The molecule has 0 radical (unpaired) electrons. The Morgan fingerprint density at radius 1 is 1.31 bits per heavy atom. The molecular weight excluding hydrogens is 219 g/mol. The van der Waals surface area contributed by atoms with Crippen molar-refractivity contribution in [1.82, 2.24) is 0 Å². The second-order valence-electron chi connectivity index (χ2n) is 4.96. The van der Waals surface area contributed by atoms with Gasteiger partial charge >= 0.3 is 35.5 Å². The van der Waals surface area contributed by atoms with Crippen molar-refractivity contribution in [2.24, 2.45) is 16.7 Å². The molecule has 4 nitrogen and oxygen atoms in total. The number of carbonyl (C=O) groups excluding carboxylic acids is 2. The van der Waals surface area contributed by atoms with Gasteiger partial charge in [-0.05, 0) is 25.2 Å². The van der Waals surface area contributed by atoms with Crippen molar-refractivity contribution < 1.29 is 49.0 Å². The zero-order valence-corrected chi connectivity index (χ0v) is 12.6. The van der Waals surface area contributed by atoms with Crippen molar-refractivity contribution in [2.45, 2.75) is 33.6 Å². The van der Waals surface area contributed by atoms with Gasteiger partial charge < -0.3 is 14.6 Å². The summed E-state index contributed by atoms with van der Waals surface area (Å²) in [6.45, 7) is 5.34. The molecule has 0 heterocycles. The summed E-state index contributed by atoms with van der Waals surface area (Å²) in [5.41, 5.74) is -1.36. The number of carboxylic acid groups (broad SMARTS) is 1. The van der Waals surface area contributed by atoms with Crippen LogP contribution in [0.25, 0.3) is 0 Å². The van der Waals surface area contributed by atoms with Gasteiger partial charge in [0.2, 0.25) is 0 Å². The largest absolute Gasteiger partial charge is 1.00 e. The fourth-order valence-corrected chi connectivity index (χ4v) is 2.50. The van der Waals surface area contributed by atoms with Crippen LogP contribution in [0.4, 0.5) is 0 Å². The molecule has 0 saturated heterocycles. The molecule has 1 rings (SSSR count). The average molecular weight is 236 g/mol. The predicted octanol–water partition coefficient (Wildman–Crippen LogP) is -2.64. The van der Waals surface area contributed by atoms with Crippen LogP contribution in [0.15, 0.2) is 0 Å². The summed E-state index contributed by atoms with van der Waals surface area (Å²) in [5.74, 6) is -1.99. The monoisotopic (exact) mass is 236 g/mol. The molecule has 1 saturated carbocycles. The van der Waals surface area contributed by atoms with Gasteiger partial charge in [-0.1, -0.05) is 13.8 Å². The molecule has 0 aliphatic heterocycles. The molecule has 5 heteroatoms. The maximum absolute atomic E-state index is 11.7. The molecular formula is C11H17NaO4. The van der Waals surface area contributed by atoms with E-state index in [0.717, 1.165) is 0 Å². The number of aliphatic carboxylic acids is 1. The van der Waals surface area contributed by atoms with Crippen molar-refractivity contribution in [3.8, 4) is 0 Å². The third kappa shape index (κ3) is 2.15. The zero-order valence-electron chi connectivity index (χ0n) is 10.6. The Kier molecular flexibility index (Phi) is 5.05. The van der Waals surface area contributed by atoms with E-state index in [4.69, 9.17) is 4.74 Å². The molecule has 0 bridgehead atoms. The molecule has 1 aliphatic rings. The predicted molar refractivity (Wildman–Crippen MR) is 51.6 cm³/mol. The van der Waals surface area contributed by atoms with Gasteiger partial charge in [-0.25, -0.2) is 0 Å². The van der Waals surface area contributed by atoms with E-state index < -0.39 is 22.7 Å². The Morgan fingerprint density at radius 2 is 1.81 bits per heavy atom. The Morgan fingerprint density at radius 3 is 2.12 bits per heavy atom. The van der Waals surface area contributed by atoms with E-state index in [1.165, 1.54) is 7.11 Å². The summed E-state index contributed by atoms with van der Waals surface area (Å²) in [4.78, 5) is 22.6.